The maximum atomic E-state index is 12.2. The van der Waals surface area contributed by atoms with Crippen molar-refractivity contribution >= 4 is 45.9 Å². The van der Waals surface area contributed by atoms with Gasteiger partial charge in [0.2, 0.25) is 11.0 Å². The van der Waals surface area contributed by atoms with Crippen LogP contribution in [-0.4, -0.2) is 33.9 Å². The lowest BCUT2D eigenvalue weighted by atomic mass is 10.1. The molecule has 1 heterocycles. The first-order valence-corrected chi connectivity index (χ1v) is 9.62. The van der Waals surface area contributed by atoms with Crippen LogP contribution in [0.25, 0.3) is 0 Å². The maximum Gasteiger partial charge on any atom is 0.325 e. The largest absolute Gasteiger partial charge is 0.357 e. The Hall–Kier alpha value is -2.39. The van der Waals surface area contributed by atoms with Gasteiger partial charge in [-0.2, -0.15) is 0 Å². The lowest BCUT2D eigenvalue weighted by Gasteiger charge is -2.12. The zero-order valence-electron chi connectivity index (χ0n) is 14.8. The normalized spacial score (nSPS) is 11.5. The van der Waals surface area contributed by atoms with E-state index in [1.54, 1.807) is 13.0 Å². The molecule has 9 heteroatoms. The van der Waals surface area contributed by atoms with Crippen molar-refractivity contribution in [2.75, 3.05) is 17.2 Å². The molecule has 3 N–H and O–H groups in total. The van der Waals surface area contributed by atoms with Crippen LogP contribution in [0.4, 0.5) is 15.6 Å². The lowest BCUT2D eigenvalue weighted by molar-refractivity contribution is -0.119. The third-order valence-corrected chi connectivity index (χ3v) is 5.38. The lowest BCUT2D eigenvalue weighted by Crippen LogP contribution is -2.39. The average Bonchev–Trinajstić information content (AvgIpc) is 3.02. The number of nitrogens with zero attached hydrogens (tertiary/aromatic N) is 2. The molecule has 1 atom stereocenters. The highest BCUT2D eigenvalue weighted by Gasteiger charge is 2.19. The Morgan fingerprint density at radius 2 is 2.12 bits per heavy atom. The summed E-state index contributed by atoms with van der Waals surface area (Å²) in [6.45, 7) is 9.80. The van der Waals surface area contributed by atoms with Gasteiger partial charge in [0.25, 0.3) is 0 Å². The Balaban J connectivity index is 1.86. The number of aryl methyl sites for hydroxylation is 2. The summed E-state index contributed by atoms with van der Waals surface area (Å²) in [5, 5.41) is 16.2. The molecule has 0 fully saturated rings. The Morgan fingerprint density at radius 3 is 2.81 bits per heavy atom. The van der Waals surface area contributed by atoms with E-state index < -0.39 is 17.2 Å². The van der Waals surface area contributed by atoms with Crippen molar-refractivity contribution in [3.05, 3.63) is 42.0 Å². The molecular formula is C17H21N5O2S2. The average molecular weight is 392 g/mol. The molecule has 1 aromatic carbocycles. The molecule has 2 rings (SSSR count). The first kappa shape index (κ1) is 19.9. The summed E-state index contributed by atoms with van der Waals surface area (Å²) in [6, 6.07) is 5.12. The van der Waals surface area contributed by atoms with Crippen LogP contribution in [0.5, 0.6) is 0 Å². The first-order chi connectivity index (χ1) is 12.4. The van der Waals surface area contributed by atoms with Crippen LogP contribution in [0.15, 0.2) is 35.2 Å². The molecule has 7 nitrogen and oxygen atoms in total. The summed E-state index contributed by atoms with van der Waals surface area (Å²) in [4.78, 5) is 24.2. The Kier molecular flexibility index (Phi) is 7.16. The van der Waals surface area contributed by atoms with Crippen molar-refractivity contribution < 1.29 is 9.59 Å². The molecule has 0 spiro atoms. The number of hydrogen-bond acceptors (Lipinski definition) is 7. The van der Waals surface area contributed by atoms with Gasteiger partial charge in [-0.1, -0.05) is 46.9 Å². The van der Waals surface area contributed by atoms with E-state index in [4.69, 9.17) is 0 Å². The van der Waals surface area contributed by atoms with Crippen LogP contribution in [0, 0.1) is 13.8 Å². The third-order valence-electron chi connectivity index (χ3n) is 3.32. The second-order valence-corrected chi connectivity index (χ2v) is 8.13. The quantitative estimate of drug-likeness (QED) is 0.493. The fourth-order valence-corrected chi connectivity index (χ4v) is 3.92. The number of imide groups is 1. The third kappa shape index (κ3) is 5.85. The number of hydrogen-bond donors (Lipinski definition) is 3. The SMILES string of the molecule is C=CCNc1nnc(SC(C)C(=O)NC(=O)Nc2ccc(C)cc2C)s1. The summed E-state index contributed by atoms with van der Waals surface area (Å²) in [6.07, 6.45) is 1.72. The number of carbonyl (C=O) groups is 2. The van der Waals surface area contributed by atoms with Gasteiger partial charge >= 0.3 is 6.03 Å². The molecule has 1 aromatic heterocycles. The van der Waals surface area contributed by atoms with Crippen molar-refractivity contribution in [1.29, 1.82) is 0 Å². The zero-order valence-corrected chi connectivity index (χ0v) is 16.5. The van der Waals surface area contributed by atoms with Crippen LogP contribution in [0.3, 0.4) is 0 Å². The maximum absolute atomic E-state index is 12.2. The molecule has 26 heavy (non-hydrogen) atoms. The predicted molar refractivity (Wildman–Crippen MR) is 107 cm³/mol. The number of benzene rings is 1. The predicted octanol–water partition coefficient (Wildman–Crippen LogP) is 3.58. The van der Waals surface area contributed by atoms with Crippen LogP contribution in [-0.2, 0) is 4.79 Å². The highest BCUT2D eigenvalue weighted by molar-refractivity contribution is 8.02. The highest BCUT2D eigenvalue weighted by Crippen LogP contribution is 2.28. The number of anilines is 2. The van der Waals surface area contributed by atoms with E-state index in [0.717, 1.165) is 11.1 Å². The molecule has 0 saturated carbocycles. The summed E-state index contributed by atoms with van der Waals surface area (Å²) < 4.78 is 0.647. The number of carbonyl (C=O) groups excluding carboxylic acids is 2. The number of rotatable bonds is 7. The molecule has 0 aliphatic heterocycles. The Bertz CT molecular complexity index is 806. The molecular weight excluding hydrogens is 370 g/mol. The minimum absolute atomic E-state index is 0.395. The van der Waals surface area contributed by atoms with Gasteiger partial charge in [-0.05, 0) is 32.4 Å². The molecule has 0 saturated heterocycles. The molecule has 0 radical (unpaired) electrons. The van der Waals surface area contributed by atoms with E-state index in [1.165, 1.54) is 23.1 Å². The van der Waals surface area contributed by atoms with Gasteiger partial charge < -0.3 is 10.6 Å². The number of urea groups is 1. The van der Waals surface area contributed by atoms with Gasteiger partial charge in [-0.25, -0.2) is 4.79 Å². The molecule has 2 aromatic rings. The molecule has 138 valence electrons. The van der Waals surface area contributed by atoms with E-state index in [9.17, 15) is 9.59 Å². The monoisotopic (exact) mass is 391 g/mol. The van der Waals surface area contributed by atoms with E-state index in [0.29, 0.717) is 21.7 Å². The zero-order chi connectivity index (χ0) is 19.1. The van der Waals surface area contributed by atoms with Crippen molar-refractivity contribution in [2.45, 2.75) is 30.4 Å². The second kappa shape index (κ2) is 9.35. The van der Waals surface area contributed by atoms with Crippen molar-refractivity contribution in [3.8, 4) is 0 Å². The van der Waals surface area contributed by atoms with Gasteiger partial charge in [-0.3, -0.25) is 10.1 Å². The smallest absolute Gasteiger partial charge is 0.325 e. The number of amides is 3. The van der Waals surface area contributed by atoms with Gasteiger partial charge in [-0.15, -0.1) is 16.8 Å². The number of aromatic nitrogens is 2. The summed E-state index contributed by atoms with van der Waals surface area (Å²) >= 11 is 2.59. The van der Waals surface area contributed by atoms with E-state index in [2.05, 4.69) is 32.7 Å². The minimum atomic E-state index is -0.556. The van der Waals surface area contributed by atoms with Crippen molar-refractivity contribution in [1.82, 2.24) is 15.5 Å². The standard InChI is InChI=1S/C17H21N5O2S2/c1-5-8-18-16-21-22-17(26-16)25-12(4)14(23)20-15(24)19-13-7-6-10(2)9-11(13)3/h5-7,9,12H,1,8H2,2-4H3,(H,18,21)(H2,19,20,23,24). The fraction of sp³-hybridized carbons (Fsp3) is 0.294. The minimum Gasteiger partial charge on any atom is -0.357 e. The van der Waals surface area contributed by atoms with Crippen LogP contribution >= 0.6 is 23.1 Å². The number of thioether (sulfide) groups is 1. The van der Waals surface area contributed by atoms with E-state index in [-0.39, 0.29) is 0 Å². The number of nitrogens with one attached hydrogen (secondary N) is 3. The van der Waals surface area contributed by atoms with Crippen LogP contribution < -0.4 is 16.0 Å². The molecule has 0 aliphatic rings. The molecule has 3 amide bonds. The summed E-state index contributed by atoms with van der Waals surface area (Å²) in [5.41, 5.74) is 2.71. The highest BCUT2D eigenvalue weighted by atomic mass is 32.2. The summed E-state index contributed by atoms with van der Waals surface area (Å²) in [5.74, 6) is -0.395. The topological polar surface area (TPSA) is 96.0 Å². The van der Waals surface area contributed by atoms with Gasteiger partial charge in [0.05, 0.1) is 5.25 Å². The van der Waals surface area contributed by atoms with E-state index >= 15 is 0 Å². The second-order valence-electron chi connectivity index (χ2n) is 5.56. The fourth-order valence-electron chi connectivity index (χ4n) is 2.01. The first-order valence-electron chi connectivity index (χ1n) is 7.93. The molecule has 1 unspecified atom stereocenters. The van der Waals surface area contributed by atoms with Crippen LogP contribution in [0.2, 0.25) is 0 Å². The Labute approximate surface area is 160 Å². The van der Waals surface area contributed by atoms with Crippen molar-refractivity contribution in [3.63, 3.8) is 0 Å². The van der Waals surface area contributed by atoms with Crippen LogP contribution in [0.1, 0.15) is 18.1 Å². The Morgan fingerprint density at radius 1 is 1.35 bits per heavy atom. The summed E-state index contributed by atoms with van der Waals surface area (Å²) in [7, 11) is 0. The molecule has 0 aliphatic carbocycles. The van der Waals surface area contributed by atoms with Gasteiger partial charge in [0.1, 0.15) is 0 Å². The van der Waals surface area contributed by atoms with Crippen molar-refractivity contribution in [2.24, 2.45) is 0 Å². The van der Waals surface area contributed by atoms with Gasteiger partial charge in [0, 0.05) is 12.2 Å². The molecule has 0 bridgehead atoms. The van der Waals surface area contributed by atoms with Gasteiger partial charge in [0.15, 0.2) is 4.34 Å². The van der Waals surface area contributed by atoms with E-state index in [1.807, 2.05) is 32.0 Å².